The van der Waals surface area contributed by atoms with Gasteiger partial charge in [-0.05, 0) is 6.07 Å². The van der Waals surface area contributed by atoms with Gasteiger partial charge in [-0.1, -0.05) is 0 Å². The van der Waals surface area contributed by atoms with E-state index in [1.54, 1.807) is 11.8 Å². The summed E-state index contributed by atoms with van der Waals surface area (Å²) in [6.45, 7) is 1.17. The highest BCUT2D eigenvalue weighted by Crippen LogP contribution is 2.26. The van der Waals surface area contributed by atoms with Gasteiger partial charge in [-0.3, -0.25) is 9.48 Å². The van der Waals surface area contributed by atoms with E-state index in [0.717, 1.165) is 5.69 Å². The average molecular weight is 238 g/mol. The number of hydrogen-bond donors (Lipinski definition) is 0. The van der Waals surface area contributed by atoms with Crippen molar-refractivity contribution >= 4 is 5.78 Å². The molecule has 94 valence electrons. The lowest BCUT2D eigenvalue weighted by molar-refractivity contribution is -0.152. The van der Waals surface area contributed by atoms with E-state index in [2.05, 4.69) is 5.10 Å². The lowest BCUT2D eigenvalue weighted by Gasteiger charge is -2.34. The van der Waals surface area contributed by atoms with Crippen LogP contribution in [0.3, 0.4) is 0 Å². The Labute approximate surface area is 101 Å². The maximum atomic E-state index is 12.3. The number of aromatic nitrogens is 2. The van der Waals surface area contributed by atoms with Crippen molar-refractivity contribution in [3.63, 3.8) is 0 Å². The van der Waals surface area contributed by atoms with E-state index in [9.17, 15) is 4.79 Å². The molecule has 1 fully saturated rings. The van der Waals surface area contributed by atoms with E-state index >= 15 is 0 Å². The molecule has 0 N–H and O–H groups in total. The van der Waals surface area contributed by atoms with Crippen LogP contribution < -0.4 is 0 Å². The lowest BCUT2D eigenvalue weighted by Crippen LogP contribution is -2.46. The Kier molecular flexibility index (Phi) is 3.59. The lowest BCUT2D eigenvalue weighted by atomic mass is 9.87. The van der Waals surface area contributed by atoms with Gasteiger partial charge in [0.15, 0.2) is 5.78 Å². The molecule has 0 unspecified atom stereocenters. The SMILES string of the molecule is COC1(C(=O)Cc2ccn(C)n2)CCOCC1. The summed E-state index contributed by atoms with van der Waals surface area (Å²) in [6, 6.07) is 1.86. The van der Waals surface area contributed by atoms with Crippen molar-refractivity contribution < 1.29 is 14.3 Å². The molecule has 1 aromatic heterocycles. The summed E-state index contributed by atoms with van der Waals surface area (Å²) in [5, 5.41) is 4.22. The molecule has 1 aromatic rings. The van der Waals surface area contributed by atoms with Gasteiger partial charge in [0.05, 0.1) is 12.1 Å². The highest BCUT2D eigenvalue weighted by atomic mass is 16.5. The summed E-state index contributed by atoms with van der Waals surface area (Å²) in [6.07, 6.45) is 3.44. The van der Waals surface area contributed by atoms with Crippen LogP contribution in [0.5, 0.6) is 0 Å². The minimum atomic E-state index is -0.671. The van der Waals surface area contributed by atoms with E-state index in [1.165, 1.54) is 0 Å². The van der Waals surface area contributed by atoms with Crippen LogP contribution in [-0.4, -0.2) is 41.5 Å². The van der Waals surface area contributed by atoms with Crippen molar-refractivity contribution in [1.29, 1.82) is 0 Å². The second-order valence-electron chi connectivity index (χ2n) is 4.39. The molecule has 2 heterocycles. The highest BCUT2D eigenvalue weighted by molar-refractivity contribution is 5.89. The van der Waals surface area contributed by atoms with Crippen molar-refractivity contribution in [2.75, 3.05) is 20.3 Å². The first kappa shape index (κ1) is 12.3. The van der Waals surface area contributed by atoms with Gasteiger partial charge >= 0.3 is 0 Å². The molecule has 1 aliphatic rings. The van der Waals surface area contributed by atoms with E-state index in [1.807, 2.05) is 19.3 Å². The van der Waals surface area contributed by atoms with Crippen molar-refractivity contribution in [3.05, 3.63) is 18.0 Å². The van der Waals surface area contributed by atoms with Gasteiger partial charge in [0.2, 0.25) is 0 Å². The predicted octanol–water partition coefficient (Wildman–Crippen LogP) is 0.727. The Morgan fingerprint density at radius 2 is 2.29 bits per heavy atom. The zero-order chi connectivity index (χ0) is 12.3. The first-order chi connectivity index (χ1) is 8.16. The molecule has 17 heavy (non-hydrogen) atoms. The smallest absolute Gasteiger partial charge is 0.170 e. The molecule has 0 atom stereocenters. The second kappa shape index (κ2) is 4.98. The number of carbonyl (C=O) groups is 1. The summed E-state index contributed by atoms with van der Waals surface area (Å²) >= 11 is 0. The van der Waals surface area contributed by atoms with Gasteiger partial charge in [0.1, 0.15) is 5.60 Å². The maximum absolute atomic E-state index is 12.3. The fourth-order valence-corrected chi connectivity index (χ4v) is 2.18. The fraction of sp³-hybridized carbons (Fsp3) is 0.667. The predicted molar refractivity (Wildman–Crippen MR) is 61.7 cm³/mol. The molecule has 5 nitrogen and oxygen atoms in total. The number of hydrogen-bond acceptors (Lipinski definition) is 4. The Morgan fingerprint density at radius 3 is 2.82 bits per heavy atom. The van der Waals surface area contributed by atoms with E-state index in [4.69, 9.17) is 9.47 Å². The Morgan fingerprint density at radius 1 is 1.59 bits per heavy atom. The minimum Gasteiger partial charge on any atom is -0.381 e. The molecule has 1 saturated heterocycles. The quantitative estimate of drug-likeness (QED) is 0.776. The third-order valence-corrected chi connectivity index (χ3v) is 3.31. The molecule has 0 aromatic carbocycles. The molecular weight excluding hydrogens is 220 g/mol. The number of ether oxygens (including phenoxy) is 2. The zero-order valence-electron chi connectivity index (χ0n) is 10.3. The third kappa shape index (κ3) is 2.56. The summed E-state index contributed by atoms with van der Waals surface area (Å²) < 4.78 is 12.4. The number of Topliss-reactive ketones (excluding diaryl/α,β-unsaturated/α-hetero) is 1. The molecule has 0 saturated carbocycles. The minimum absolute atomic E-state index is 0.0991. The Bertz CT molecular complexity index is 394. The number of aryl methyl sites for hydroxylation is 1. The first-order valence-corrected chi connectivity index (χ1v) is 5.81. The van der Waals surface area contributed by atoms with Crippen LogP contribution in [0.4, 0.5) is 0 Å². The molecule has 0 amide bonds. The topological polar surface area (TPSA) is 53.4 Å². The average Bonchev–Trinajstić information content (AvgIpc) is 2.75. The second-order valence-corrected chi connectivity index (χ2v) is 4.39. The van der Waals surface area contributed by atoms with Crippen LogP contribution in [0.25, 0.3) is 0 Å². The monoisotopic (exact) mass is 238 g/mol. The largest absolute Gasteiger partial charge is 0.381 e. The van der Waals surface area contributed by atoms with Crippen LogP contribution >= 0.6 is 0 Å². The maximum Gasteiger partial charge on any atom is 0.170 e. The number of nitrogens with zero attached hydrogens (tertiary/aromatic N) is 2. The normalized spacial score (nSPS) is 19.2. The van der Waals surface area contributed by atoms with Crippen LogP contribution in [0, 0.1) is 0 Å². The van der Waals surface area contributed by atoms with Gasteiger partial charge in [-0.2, -0.15) is 5.10 Å². The molecule has 2 rings (SSSR count). The van der Waals surface area contributed by atoms with Gasteiger partial charge < -0.3 is 9.47 Å². The van der Waals surface area contributed by atoms with Gasteiger partial charge in [-0.15, -0.1) is 0 Å². The zero-order valence-corrected chi connectivity index (χ0v) is 10.3. The van der Waals surface area contributed by atoms with E-state index in [-0.39, 0.29) is 5.78 Å². The van der Waals surface area contributed by atoms with Crippen molar-refractivity contribution in [1.82, 2.24) is 9.78 Å². The van der Waals surface area contributed by atoms with Crippen LogP contribution in [0.2, 0.25) is 0 Å². The van der Waals surface area contributed by atoms with Gasteiger partial charge in [0, 0.05) is 46.4 Å². The molecule has 1 aliphatic heterocycles. The highest BCUT2D eigenvalue weighted by Gasteiger charge is 2.39. The third-order valence-electron chi connectivity index (χ3n) is 3.31. The number of ketones is 1. The van der Waals surface area contributed by atoms with Crippen molar-refractivity contribution in [2.24, 2.45) is 7.05 Å². The molecule has 0 spiro atoms. The summed E-state index contributed by atoms with van der Waals surface area (Å²) in [5.41, 5.74) is 0.121. The molecular formula is C12H18N2O3. The first-order valence-electron chi connectivity index (χ1n) is 5.81. The number of methoxy groups -OCH3 is 1. The van der Waals surface area contributed by atoms with Crippen LogP contribution in [0.1, 0.15) is 18.5 Å². The molecule has 5 heteroatoms. The Hall–Kier alpha value is -1.20. The van der Waals surface area contributed by atoms with Crippen molar-refractivity contribution in [2.45, 2.75) is 24.9 Å². The van der Waals surface area contributed by atoms with Gasteiger partial charge in [-0.25, -0.2) is 0 Å². The summed E-state index contributed by atoms with van der Waals surface area (Å²) in [4.78, 5) is 12.3. The summed E-state index contributed by atoms with van der Waals surface area (Å²) in [5.74, 6) is 0.0991. The van der Waals surface area contributed by atoms with Crippen LogP contribution in [0.15, 0.2) is 12.3 Å². The van der Waals surface area contributed by atoms with Gasteiger partial charge in [0.25, 0.3) is 0 Å². The standard InChI is InChI=1S/C12H18N2O3/c1-14-6-3-10(13-14)9-11(15)12(16-2)4-7-17-8-5-12/h3,6H,4-5,7-9H2,1-2H3. The van der Waals surface area contributed by atoms with E-state index in [0.29, 0.717) is 32.5 Å². The summed E-state index contributed by atoms with van der Waals surface area (Å²) in [7, 11) is 3.44. The Balaban J connectivity index is 2.07. The van der Waals surface area contributed by atoms with Crippen molar-refractivity contribution in [3.8, 4) is 0 Å². The fourth-order valence-electron chi connectivity index (χ4n) is 2.18. The molecule has 0 bridgehead atoms. The molecule has 0 radical (unpaired) electrons. The van der Waals surface area contributed by atoms with E-state index < -0.39 is 5.60 Å². The number of rotatable bonds is 4. The molecule has 0 aliphatic carbocycles. The van der Waals surface area contributed by atoms with Crippen LogP contribution in [-0.2, 0) is 27.7 Å². The number of carbonyl (C=O) groups excluding carboxylic acids is 1.